The van der Waals surface area contributed by atoms with E-state index in [1.165, 1.54) is 0 Å². The number of phenolic OH excluding ortho intramolecular Hbond substituents is 1. The standard InChI is InChI=1S/C11H12BrF2NO/c12-10-2-1-9(16)5-8(10)6-15-4-3-11(13,14)7-15/h1-2,5,16H,3-4,6-7H2. The number of hydrogen-bond acceptors (Lipinski definition) is 2. The third-order valence-electron chi connectivity index (χ3n) is 2.67. The van der Waals surface area contributed by atoms with Gasteiger partial charge >= 0.3 is 0 Å². The largest absolute Gasteiger partial charge is 0.508 e. The maximum absolute atomic E-state index is 13.0. The van der Waals surface area contributed by atoms with Crippen molar-refractivity contribution in [2.24, 2.45) is 0 Å². The highest BCUT2D eigenvalue weighted by Crippen LogP contribution is 2.30. The van der Waals surface area contributed by atoms with Crippen LogP contribution in [-0.2, 0) is 6.54 Å². The van der Waals surface area contributed by atoms with Crippen molar-refractivity contribution < 1.29 is 13.9 Å². The second-order valence-corrected chi connectivity index (χ2v) is 4.95. The number of likely N-dealkylation sites (tertiary alicyclic amines) is 1. The van der Waals surface area contributed by atoms with E-state index in [1.54, 1.807) is 23.1 Å². The van der Waals surface area contributed by atoms with Crippen LogP contribution in [0.5, 0.6) is 5.75 Å². The number of benzene rings is 1. The first-order valence-electron chi connectivity index (χ1n) is 5.04. The topological polar surface area (TPSA) is 23.5 Å². The van der Waals surface area contributed by atoms with Gasteiger partial charge in [-0.1, -0.05) is 15.9 Å². The molecule has 5 heteroatoms. The average molecular weight is 292 g/mol. The molecule has 1 aromatic carbocycles. The number of hydrogen-bond donors (Lipinski definition) is 1. The van der Waals surface area contributed by atoms with Gasteiger partial charge in [-0.2, -0.15) is 0 Å². The zero-order chi connectivity index (χ0) is 11.8. The summed E-state index contributed by atoms with van der Waals surface area (Å²) in [5.41, 5.74) is 0.831. The maximum Gasteiger partial charge on any atom is 0.261 e. The molecule has 0 atom stereocenters. The first-order chi connectivity index (χ1) is 7.46. The zero-order valence-corrected chi connectivity index (χ0v) is 10.2. The summed E-state index contributed by atoms with van der Waals surface area (Å²) in [5.74, 6) is -2.41. The Kier molecular flexibility index (Phi) is 3.17. The lowest BCUT2D eigenvalue weighted by molar-refractivity contribution is 0.0115. The van der Waals surface area contributed by atoms with Gasteiger partial charge in [0.05, 0.1) is 6.54 Å². The van der Waals surface area contributed by atoms with E-state index in [0.29, 0.717) is 13.1 Å². The highest BCUT2D eigenvalue weighted by Gasteiger charge is 2.38. The van der Waals surface area contributed by atoms with Crippen molar-refractivity contribution in [2.75, 3.05) is 13.1 Å². The Morgan fingerprint density at radius 2 is 2.19 bits per heavy atom. The minimum Gasteiger partial charge on any atom is -0.508 e. The number of rotatable bonds is 2. The van der Waals surface area contributed by atoms with Gasteiger partial charge in [0.2, 0.25) is 0 Å². The van der Waals surface area contributed by atoms with E-state index in [9.17, 15) is 13.9 Å². The lowest BCUT2D eigenvalue weighted by atomic mass is 10.2. The molecule has 0 amide bonds. The molecule has 1 heterocycles. The average Bonchev–Trinajstić information content (AvgIpc) is 2.52. The highest BCUT2D eigenvalue weighted by molar-refractivity contribution is 9.10. The van der Waals surface area contributed by atoms with Crippen LogP contribution in [0.2, 0.25) is 0 Å². The molecule has 2 nitrogen and oxygen atoms in total. The van der Waals surface area contributed by atoms with Gasteiger partial charge in [-0.05, 0) is 23.8 Å². The molecular formula is C11H12BrF2NO. The van der Waals surface area contributed by atoms with Gasteiger partial charge in [0.1, 0.15) is 5.75 Å². The molecule has 0 spiro atoms. The third-order valence-corrected chi connectivity index (χ3v) is 3.45. The van der Waals surface area contributed by atoms with Crippen molar-refractivity contribution in [3.63, 3.8) is 0 Å². The molecule has 1 saturated heterocycles. The van der Waals surface area contributed by atoms with E-state index in [0.717, 1.165) is 10.0 Å². The van der Waals surface area contributed by atoms with Crippen LogP contribution in [-0.4, -0.2) is 29.0 Å². The molecule has 0 radical (unpaired) electrons. The highest BCUT2D eigenvalue weighted by atomic mass is 79.9. The van der Waals surface area contributed by atoms with E-state index >= 15 is 0 Å². The van der Waals surface area contributed by atoms with Gasteiger partial charge in [0, 0.05) is 24.0 Å². The quantitative estimate of drug-likeness (QED) is 0.905. The van der Waals surface area contributed by atoms with Crippen LogP contribution in [0.1, 0.15) is 12.0 Å². The Morgan fingerprint density at radius 3 is 2.81 bits per heavy atom. The van der Waals surface area contributed by atoms with Crippen LogP contribution in [0, 0.1) is 0 Å². The molecule has 0 unspecified atom stereocenters. The fraction of sp³-hybridized carbons (Fsp3) is 0.455. The van der Waals surface area contributed by atoms with Crippen molar-refractivity contribution in [3.05, 3.63) is 28.2 Å². The van der Waals surface area contributed by atoms with Crippen molar-refractivity contribution in [1.29, 1.82) is 0 Å². The molecule has 1 N–H and O–H groups in total. The summed E-state index contributed by atoms with van der Waals surface area (Å²) in [5, 5.41) is 9.33. The van der Waals surface area contributed by atoms with Crippen molar-refractivity contribution >= 4 is 15.9 Å². The molecule has 88 valence electrons. The molecule has 1 aromatic rings. The second-order valence-electron chi connectivity index (χ2n) is 4.09. The van der Waals surface area contributed by atoms with E-state index in [-0.39, 0.29) is 18.7 Å². The summed E-state index contributed by atoms with van der Waals surface area (Å²) in [6.07, 6.45) is -0.0799. The summed E-state index contributed by atoms with van der Waals surface area (Å²) in [6, 6.07) is 4.88. The van der Waals surface area contributed by atoms with Gasteiger partial charge in [-0.25, -0.2) is 8.78 Å². The fourth-order valence-corrected chi connectivity index (χ4v) is 2.24. The van der Waals surface area contributed by atoms with Crippen LogP contribution in [0.25, 0.3) is 0 Å². The number of nitrogens with zero attached hydrogens (tertiary/aromatic N) is 1. The fourth-order valence-electron chi connectivity index (χ4n) is 1.87. The maximum atomic E-state index is 13.0. The van der Waals surface area contributed by atoms with Crippen LogP contribution < -0.4 is 0 Å². The van der Waals surface area contributed by atoms with Gasteiger partial charge in [-0.3, -0.25) is 4.90 Å². The Labute approximate surface area is 101 Å². The molecule has 0 saturated carbocycles. The third kappa shape index (κ3) is 2.71. The molecule has 1 fully saturated rings. The second kappa shape index (κ2) is 4.30. The lowest BCUT2D eigenvalue weighted by Crippen LogP contribution is -2.24. The first kappa shape index (κ1) is 11.8. The molecule has 0 aliphatic carbocycles. The van der Waals surface area contributed by atoms with Crippen LogP contribution in [0.15, 0.2) is 22.7 Å². The molecule has 0 bridgehead atoms. The van der Waals surface area contributed by atoms with E-state index < -0.39 is 5.92 Å². The lowest BCUT2D eigenvalue weighted by Gasteiger charge is -2.16. The zero-order valence-electron chi connectivity index (χ0n) is 8.59. The predicted molar refractivity (Wildman–Crippen MR) is 60.6 cm³/mol. The smallest absolute Gasteiger partial charge is 0.261 e. The Balaban J connectivity index is 2.07. The van der Waals surface area contributed by atoms with E-state index in [1.807, 2.05) is 0 Å². The minimum absolute atomic E-state index is 0.0799. The van der Waals surface area contributed by atoms with Crippen molar-refractivity contribution in [3.8, 4) is 5.75 Å². The van der Waals surface area contributed by atoms with Gasteiger partial charge in [-0.15, -0.1) is 0 Å². The van der Waals surface area contributed by atoms with Gasteiger partial charge < -0.3 is 5.11 Å². The molecular weight excluding hydrogens is 280 g/mol. The van der Waals surface area contributed by atoms with Gasteiger partial charge in [0.25, 0.3) is 5.92 Å². The van der Waals surface area contributed by atoms with Crippen LogP contribution in [0.3, 0.4) is 0 Å². The monoisotopic (exact) mass is 291 g/mol. The number of halogens is 3. The number of aromatic hydroxyl groups is 1. The van der Waals surface area contributed by atoms with E-state index in [4.69, 9.17) is 0 Å². The Bertz CT molecular complexity index is 398. The normalized spacial score (nSPS) is 20.2. The summed E-state index contributed by atoms with van der Waals surface area (Å²) >= 11 is 3.34. The summed E-state index contributed by atoms with van der Waals surface area (Å²) in [6.45, 7) is 0.634. The minimum atomic E-state index is -2.57. The van der Waals surface area contributed by atoms with Crippen LogP contribution in [0.4, 0.5) is 8.78 Å². The van der Waals surface area contributed by atoms with Crippen LogP contribution >= 0.6 is 15.9 Å². The Hall–Kier alpha value is -0.680. The predicted octanol–water partition coefficient (Wildman–Crippen LogP) is 3.00. The van der Waals surface area contributed by atoms with Crippen molar-refractivity contribution in [1.82, 2.24) is 4.90 Å². The summed E-state index contributed by atoms with van der Waals surface area (Å²) in [4.78, 5) is 1.69. The molecule has 1 aliphatic rings. The molecule has 0 aromatic heterocycles. The Morgan fingerprint density at radius 1 is 1.44 bits per heavy atom. The van der Waals surface area contributed by atoms with Crippen molar-refractivity contribution in [2.45, 2.75) is 18.9 Å². The first-order valence-corrected chi connectivity index (χ1v) is 5.83. The SMILES string of the molecule is Oc1ccc(Br)c(CN2CCC(F)(F)C2)c1. The molecule has 16 heavy (non-hydrogen) atoms. The number of phenols is 1. The molecule has 2 rings (SSSR count). The van der Waals surface area contributed by atoms with Gasteiger partial charge in [0.15, 0.2) is 0 Å². The molecule has 1 aliphatic heterocycles. The summed E-state index contributed by atoms with van der Waals surface area (Å²) in [7, 11) is 0. The number of alkyl halides is 2. The van der Waals surface area contributed by atoms with E-state index in [2.05, 4.69) is 15.9 Å². The summed E-state index contributed by atoms with van der Waals surface area (Å²) < 4.78 is 26.8.